The van der Waals surface area contributed by atoms with Crippen molar-refractivity contribution < 1.29 is 0 Å². The van der Waals surface area contributed by atoms with Gasteiger partial charge in [0.2, 0.25) is 0 Å². The molecule has 20 heavy (non-hydrogen) atoms. The van der Waals surface area contributed by atoms with E-state index in [2.05, 4.69) is 55.6 Å². The van der Waals surface area contributed by atoms with Gasteiger partial charge in [0.1, 0.15) is 0 Å². The molecule has 0 aliphatic rings. The van der Waals surface area contributed by atoms with Crippen LogP contribution in [-0.2, 0) is 19.4 Å². The third kappa shape index (κ3) is 3.23. The number of nitrogens with one attached hydrogen (secondary N) is 1. The van der Waals surface area contributed by atoms with E-state index >= 15 is 0 Å². The molecule has 1 nitrogen and oxygen atoms in total. The van der Waals surface area contributed by atoms with Crippen molar-refractivity contribution >= 4 is 11.6 Å². The van der Waals surface area contributed by atoms with Crippen LogP contribution < -0.4 is 5.32 Å². The summed E-state index contributed by atoms with van der Waals surface area (Å²) in [6, 6.07) is 13.1. The van der Waals surface area contributed by atoms with Crippen molar-refractivity contribution in [1.82, 2.24) is 5.32 Å². The Morgan fingerprint density at radius 3 is 2.25 bits per heavy atom. The van der Waals surface area contributed by atoms with Gasteiger partial charge in [-0.25, -0.2) is 0 Å². The van der Waals surface area contributed by atoms with Crippen LogP contribution in [0.1, 0.15) is 30.5 Å². The standard InChI is InChI=1S/C18H22ClN/c1-4-13-6-8-15(5-2)17(10-13)16-9-7-14(12-20-3)11-18(16)19/h6-11,20H,4-5,12H2,1-3H3. The Hall–Kier alpha value is -1.31. The molecule has 106 valence electrons. The number of aryl methyl sites for hydroxylation is 2. The van der Waals surface area contributed by atoms with Crippen molar-refractivity contribution in [3.63, 3.8) is 0 Å². The first-order valence-electron chi connectivity index (χ1n) is 7.24. The summed E-state index contributed by atoms with van der Waals surface area (Å²) in [6.07, 6.45) is 2.07. The number of halogens is 1. The molecule has 0 aromatic heterocycles. The topological polar surface area (TPSA) is 12.0 Å². The van der Waals surface area contributed by atoms with E-state index in [9.17, 15) is 0 Å². The second-order valence-corrected chi connectivity index (χ2v) is 5.45. The van der Waals surface area contributed by atoms with Crippen LogP contribution in [0, 0.1) is 0 Å². The summed E-state index contributed by atoms with van der Waals surface area (Å²) in [7, 11) is 1.95. The molecule has 0 saturated heterocycles. The van der Waals surface area contributed by atoms with Gasteiger partial charge < -0.3 is 5.32 Å². The van der Waals surface area contributed by atoms with Crippen molar-refractivity contribution in [3.05, 3.63) is 58.1 Å². The Bertz CT molecular complexity index is 590. The zero-order valence-electron chi connectivity index (χ0n) is 12.5. The highest BCUT2D eigenvalue weighted by molar-refractivity contribution is 6.33. The van der Waals surface area contributed by atoms with Crippen LogP contribution >= 0.6 is 11.6 Å². The monoisotopic (exact) mass is 287 g/mol. The summed E-state index contributed by atoms with van der Waals surface area (Å²) in [4.78, 5) is 0. The molecule has 0 amide bonds. The zero-order chi connectivity index (χ0) is 14.5. The smallest absolute Gasteiger partial charge is 0.0487 e. The summed E-state index contributed by atoms with van der Waals surface area (Å²) in [5, 5.41) is 3.99. The van der Waals surface area contributed by atoms with Crippen molar-refractivity contribution in [1.29, 1.82) is 0 Å². The van der Waals surface area contributed by atoms with E-state index in [0.29, 0.717) is 0 Å². The minimum Gasteiger partial charge on any atom is -0.316 e. The largest absolute Gasteiger partial charge is 0.316 e. The Kier molecular flexibility index (Phi) is 5.22. The van der Waals surface area contributed by atoms with Crippen LogP contribution in [0.4, 0.5) is 0 Å². The molecule has 0 fully saturated rings. The fourth-order valence-electron chi connectivity index (χ4n) is 2.49. The van der Waals surface area contributed by atoms with Gasteiger partial charge in [0, 0.05) is 17.1 Å². The minimum absolute atomic E-state index is 0.834. The predicted octanol–water partition coefficient (Wildman–Crippen LogP) is 4.85. The second kappa shape index (κ2) is 6.92. The zero-order valence-corrected chi connectivity index (χ0v) is 13.2. The Morgan fingerprint density at radius 1 is 0.900 bits per heavy atom. The Balaban J connectivity index is 2.49. The molecule has 0 aliphatic heterocycles. The van der Waals surface area contributed by atoms with Gasteiger partial charge in [-0.1, -0.05) is 55.8 Å². The van der Waals surface area contributed by atoms with Crippen molar-refractivity contribution in [2.45, 2.75) is 33.2 Å². The summed E-state index contributed by atoms with van der Waals surface area (Å²) in [5.74, 6) is 0. The molecule has 0 atom stereocenters. The number of hydrogen-bond acceptors (Lipinski definition) is 1. The number of benzene rings is 2. The average Bonchev–Trinajstić information content (AvgIpc) is 2.47. The van der Waals surface area contributed by atoms with E-state index in [1.807, 2.05) is 7.05 Å². The minimum atomic E-state index is 0.834. The summed E-state index contributed by atoms with van der Waals surface area (Å²) in [5.41, 5.74) is 6.33. The third-order valence-electron chi connectivity index (χ3n) is 3.67. The van der Waals surface area contributed by atoms with Crippen LogP contribution in [0.2, 0.25) is 5.02 Å². The maximum absolute atomic E-state index is 6.50. The van der Waals surface area contributed by atoms with E-state index in [-0.39, 0.29) is 0 Å². The van der Waals surface area contributed by atoms with Gasteiger partial charge in [0.15, 0.2) is 0 Å². The molecule has 2 aromatic rings. The molecule has 0 aliphatic carbocycles. The highest BCUT2D eigenvalue weighted by Crippen LogP contribution is 2.32. The molecule has 2 heteroatoms. The highest BCUT2D eigenvalue weighted by Gasteiger charge is 2.09. The van der Waals surface area contributed by atoms with Gasteiger partial charge in [0.05, 0.1) is 0 Å². The van der Waals surface area contributed by atoms with Gasteiger partial charge in [-0.2, -0.15) is 0 Å². The van der Waals surface area contributed by atoms with Gasteiger partial charge >= 0.3 is 0 Å². The molecule has 1 N–H and O–H groups in total. The molecule has 2 rings (SSSR count). The van der Waals surface area contributed by atoms with E-state index in [4.69, 9.17) is 11.6 Å². The fraction of sp³-hybridized carbons (Fsp3) is 0.333. The van der Waals surface area contributed by atoms with Crippen LogP contribution in [0.25, 0.3) is 11.1 Å². The van der Waals surface area contributed by atoms with Gasteiger partial charge in [0.25, 0.3) is 0 Å². The summed E-state index contributed by atoms with van der Waals surface area (Å²) < 4.78 is 0. The number of rotatable bonds is 5. The van der Waals surface area contributed by atoms with E-state index in [1.54, 1.807) is 0 Å². The Labute approximate surface area is 127 Å². The second-order valence-electron chi connectivity index (χ2n) is 5.04. The van der Waals surface area contributed by atoms with E-state index in [1.165, 1.54) is 22.3 Å². The van der Waals surface area contributed by atoms with Crippen molar-refractivity contribution in [3.8, 4) is 11.1 Å². The van der Waals surface area contributed by atoms with E-state index < -0.39 is 0 Å². The van der Waals surface area contributed by atoms with Gasteiger partial charge in [-0.05, 0) is 48.2 Å². The number of hydrogen-bond donors (Lipinski definition) is 1. The SMILES string of the molecule is CCc1ccc(CC)c(-c2ccc(CNC)cc2Cl)c1. The summed E-state index contributed by atoms with van der Waals surface area (Å²) in [6.45, 7) is 5.21. The molecule has 0 radical (unpaired) electrons. The van der Waals surface area contributed by atoms with Crippen LogP contribution in [-0.4, -0.2) is 7.05 Å². The molecule has 0 unspecified atom stereocenters. The van der Waals surface area contributed by atoms with Crippen molar-refractivity contribution in [2.24, 2.45) is 0 Å². The fourth-order valence-corrected chi connectivity index (χ4v) is 2.80. The lowest BCUT2D eigenvalue weighted by Crippen LogP contribution is -2.04. The molecular formula is C18H22ClN. The van der Waals surface area contributed by atoms with Crippen LogP contribution in [0.5, 0.6) is 0 Å². The Morgan fingerprint density at radius 2 is 1.65 bits per heavy atom. The predicted molar refractivity (Wildman–Crippen MR) is 88.4 cm³/mol. The lowest BCUT2D eigenvalue weighted by molar-refractivity contribution is 0.818. The summed E-state index contributed by atoms with van der Waals surface area (Å²) >= 11 is 6.50. The molecular weight excluding hydrogens is 266 g/mol. The maximum atomic E-state index is 6.50. The molecule has 0 heterocycles. The van der Waals surface area contributed by atoms with Gasteiger partial charge in [-0.15, -0.1) is 0 Å². The molecule has 0 saturated carbocycles. The average molecular weight is 288 g/mol. The maximum Gasteiger partial charge on any atom is 0.0487 e. The third-order valence-corrected chi connectivity index (χ3v) is 3.98. The lowest BCUT2D eigenvalue weighted by Gasteiger charge is -2.13. The van der Waals surface area contributed by atoms with Gasteiger partial charge in [-0.3, -0.25) is 0 Å². The van der Waals surface area contributed by atoms with Crippen LogP contribution in [0.15, 0.2) is 36.4 Å². The first kappa shape index (κ1) is 15.1. The van der Waals surface area contributed by atoms with Crippen molar-refractivity contribution in [2.75, 3.05) is 7.05 Å². The molecule has 2 aromatic carbocycles. The van der Waals surface area contributed by atoms with Crippen LogP contribution in [0.3, 0.4) is 0 Å². The lowest BCUT2D eigenvalue weighted by atomic mass is 9.94. The first-order valence-corrected chi connectivity index (χ1v) is 7.62. The first-order chi connectivity index (χ1) is 9.69. The molecule has 0 bridgehead atoms. The van der Waals surface area contributed by atoms with E-state index in [0.717, 1.165) is 30.0 Å². The quantitative estimate of drug-likeness (QED) is 0.829. The normalized spacial score (nSPS) is 10.8. The highest BCUT2D eigenvalue weighted by atomic mass is 35.5. The molecule has 0 spiro atoms.